The van der Waals surface area contributed by atoms with E-state index in [2.05, 4.69) is 4.98 Å². The lowest BCUT2D eigenvalue weighted by Crippen LogP contribution is -2.06. The first-order chi connectivity index (χ1) is 8.11. The molecular weight excluding hydrogens is 212 g/mol. The van der Waals surface area contributed by atoms with E-state index in [1.54, 1.807) is 6.07 Å². The summed E-state index contributed by atoms with van der Waals surface area (Å²) in [5.74, 6) is -0.0501. The van der Waals surface area contributed by atoms with Crippen LogP contribution in [0.25, 0.3) is 0 Å². The predicted molar refractivity (Wildman–Crippen MR) is 69.2 cm³/mol. The van der Waals surface area contributed by atoms with Gasteiger partial charge in [0.1, 0.15) is 0 Å². The number of H-pyrrole nitrogens is 1. The zero-order valence-corrected chi connectivity index (χ0v) is 10.1. The van der Waals surface area contributed by atoms with Gasteiger partial charge in [-0.1, -0.05) is 18.6 Å². The van der Waals surface area contributed by atoms with Gasteiger partial charge in [0.25, 0.3) is 0 Å². The molecule has 0 aliphatic rings. The molecule has 0 saturated heterocycles. The lowest BCUT2D eigenvalue weighted by molar-refractivity contribution is 0.103. The Kier molecular flexibility index (Phi) is 3.00. The van der Waals surface area contributed by atoms with Crippen LogP contribution < -0.4 is 5.73 Å². The molecule has 0 atom stereocenters. The van der Waals surface area contributed by atoms with Crippen molar-refractivity contribution in [2.24, 2.45) is 0 Å². The molecule has 3 nitrogen and oxygen atoms in total. The number of anilines is 1. The van der Waals surface area contributed by atoms with Gasteiger partial charge in [-0.25, -0.2) is 0 Å². The van der Waals surface area contributed by atoms with Crippen molar-refractivity contribution in [2.75, 3.05) is 5.73 Å². The molecule has 88 valence electrons. The highest BCUT2D eigenvalue weighted by atomic mass is 16.1. The lowest BCUT2D eigenvalue weighted by atomic mass is 10.0. The first kappa shape index (κ1) is 11.5. The molecular formula is C14H16N2O. The maximum atomic E-state index is 12.2. The van der Waals surface area contributed by atoms with Gasteiger partial charge >= 0.3 is 0 Å². The fourth-order valence-corrected chi connectivity index (χ4v) is 1.79. The number of benzene rings is 1. The number of ketones is 1. The van der Waals surface area contributed by atoms with Crippen LogP contribution in [-0.4, -0.2) is 10.8 Å². The Bertz CT molecular complexity index is 555. The minimum atomic E-state index is -0.0501. The minimum Gasteiger partial charge on any atom is -0.398 e. The third-order valence-corrected chi connectivity index (χ3v) is 2.83. The summed E-state index contributed by atoms with van der Waals surface area (Å²) in [5, 5.41) is 0. The van der Waals surface area contributed by atoms with E-state index in [9.17, 15) is 4.79 Å². The SMILES string of the molecule is CCc1ccc(C(=O)c2cc(C)ccc2N)[nH]1. The first-order valence-electron chi connectivity index (χ1n) is 5.70. The van der Waals surface area contributed by atoms with Crippen molar-refractivity contribution in [3.05, 3.63) is 52.8 Å². The molecule has 0 radical (unpaired) electrons. The quantitative estimate of drug-likeness (QED) is 0.626. The summed E-state index contributed by atoms with van der Waals surface area (Å²) in [6.07, 6.45) is 0.885. The van der Waals surface area contributed by atoms with E-state index < -0.39 is 0 Å². The molecule has 0 spiro atoms. The fraction of sp³-hybridized carbons (Fsp3) is 0.214. The molecule has 1 aromatic carbocycles. The van der Waals surface area contributed by atoms with E-state index in [0.717, 1.165) is 17.7 Å². The molecule has 1 heterocycles. The van der Waals surface area contributed by atoms with Gasteiger partial charge in [-0.05, 0) is 37.6 Å². The molecule has 0 fully saturated rings. The molecule has 1 aromatic heterocycles. The van der Waals surface area contributed by atoms with E-state index in [-0.39, 0.29) is 5.78 Å². The van der Waals surface area contributed by atoms with Gasteiger partial charge in [0.05, 0.1) is 5.69 Å². The van der Waals surface area contributed by atoms with Gasteiger partial charge in [-0.3, -0.25) is 4.79 Å². The van der Waals surface area contributed by atoms with Crippen LogP contribution in [0, 0.1) is 6.92 Å². The summed E-state index contributed by atoms with van der Waals surface area (Å²) in [6, 6.07) is 9.23. The van der Waals surface area contributed by atoms with Gasteiger partial charge in [0.2, 0.25) is 5.78 Å². The second kappa shape index (κ2) is 4.45. The Labute approximate surface area is 101 Å². The number of carbonyl (C=O) groups is 1. The van der Waals surface area contributed by atoms with E-state index in [1.807, 2.05) is 38.1 Å². The number of hydrogen-bond donors (Lipinski definition) is 2. The van der Waals surface area contributed by atoms with E-state index in [0.29, 0.717) is 16.9 Å². The highest BCUT2D eigenvalue weighted by Gasteiger charge is 2.13. The molecule has 3 heteroatoms. The largest absolute Gasteiger partial charge is 0.398 e. The number of nitrogens with one attached hydrogen (secondary N) is 1. The van der Waals surface area contributed by atoms with Crippen LogP contribution in [0.4, 0.5) is 5.69 Å². The number of aromatic nitrogens is 1. The van der Waals surface area contributed by atoms with Crippen LogP contribution in [-0.2, 0) is 6.42 Å². The number of carbonyl (C=O) groups excluding carboxylic acids is 1. The highest BCUT2D eigenvalue weighted by Crippen LogP contribution is 2.18. The van der Waals surface area contributed by atoms with Crippen LogP contribution in [0.1, 0.15) is 34.2 Å². The van der Waals surface area contributed by atoms with E-state index >= 15 is 0 Å². The summed E-state index contributed by atoms with van der Waals surface area (Å²) < 4.78 is 0. The average Bonchev–Trinajstić information content (AvgIpc) is 2.80. The standard InChI is InChI=1S/C14H16N2O/c1-3-10-5-7-13(16-10)14(17)11-8-9(2)4-6-12(11)15/h4-8,16H,3,15H2,1-2H3. The normalized spacial score (nSPS) is 10.5. The Hall–Kier alpha value is -2.03. The van der Waals surface area contributed by atoms with Crippen LogP contribution in [0.5, 0.6) is 0 Å². The van der Waals surface area contributed by atoms with Crippen LogP contribution in [0.15, 0.2) is 30.3 Å². The molecule has 0 saturated carbocycles. The molecule has 0 unspecified atom stereocenters. The third kappa shape index (κ3) is 2.23. The molecule has 0 aliphatic carbocycles. The molecule has 0 amide bonds. The second-order valence-electron chi connectivity index (χ2n) is 4.17. The third-order valence-electron chi connectivity index (χ3n) is 2.83. The predicted octanol–water partition coefficient (Wildman–Crippen LogP) is 2.70. The molecule has 2 aromatic rings. The maximum Gasteiger partial charge on any atom is 0.211 e. The fourth-order valence-electron chi connectivity index (χ4n) is 1.79. The average molecular weight is 228 g/mol. The van der Waals surface area contributed by atoms with Crippen LogP contribution in [0.2, 0.25) is 0 Å². The topological polar surface area (TPSA) is 58.9 Å². The van der Waals surface area contributed by atoms with Gasteiger partial charge in [0, 0.05) is 16.9 Å². The number of hydrogen-bond acceptors (Lipinski definition) is 2. The Morgan fingerprint density at radius 2 is 2.06 bits per heavy atom. The second-order valence-corrected chi connectivity index (χ2v) is 4.17. The summed E-state index contributed by atoms with van der Waals surface area (Å²) in [5.41, 5.74) is 9.60. The molecule has 0 bridgehead atoms. The zero-order chi connectivity index (χ0) is 12.4. The molecule has 3 N–H and O–H groups in total. The van der Waals surface area contributed by atoms with Crippen molar-refractivity contribution < 1.29 is 4.79 Å². The lowest BCUT2D eigenvalue weighted by Gasteiger charge is -2.04. The Morgan fingerprint density at radius 3 is 2.71 bits per heavy atom. The number of aromatic amines is 1. The Morgan fingerprint density at radius 1 is 1.29 bits per heavy atom. The van der Waals surface area contributed by atoms with Crippen LogP contribution >= 0.6 is 0 Å². The maximum absolute atomic E-state index is 12.2. The Balaban J connectivity index is 2.39. The first-order valence-corrected chi connectivity index (χ1v) is 5.70. The van der Waals surface area contributed by atoms with Crippen LogP contribution in [0.3, 0.4) is 0 Å². The summed E-state index contributed by atoms with van der Waals surface area (Å²) in [6.45, 7) is 3.99. The van der Waals surface area contributed by atoms with Crippen molar-refractivity contribution in [2.45, 2.75) is 20.3 Å². The zero-order valence-electron chi connectivity index (χ0n) is 10.1. The van der Waals surface area contributed by atoms with E-state index in [1.165, 1.54) is 0 Å². The van der Waals surface area contributed by atoms with Gasteiger partial charge < -0.3 is 10.7 Å². The van der Waals surface area contributed by atoms with Crippen molar-refractivity contribution in [3.63, 3.8) is 0 Å². The summed E-state index contributed by atoms with van der Waals surface area (Å²) in [4.78, 5) is 15.3. The highest BCUT2D eigenvalue weighted by molar-refractivity contribution is 6.11. The van der Waals surface area contributed by atoms with Crippen molar-refractivity contribution in [3.8, 4) is 0 Å². The summed E-state index contributed by atoms with van der Waals surface area (Å²) in [7, 11) is 0. The van der Waals surface area contributed by atoms with Crippen molar-refractivity contribution in [1.82, 2.24) is 4.98 Å². The van der Waals surface area contributed by atoms with Gasteiger partial charge in [0.15, 0.2) is 0 Å². The number of nitrogens with two attached hydrogens (primary N) is 1. The summed E-state index contributed by atoms with van der Waals surface area (Å²) >= 11 is 0. The smallest absolute Gasteiger partial charge is 0.211 e. The monoisotopic (exact) mass is 228 g/mol. The number of aryl methyl sites for hydroxylation is 2. The number of rotatable bonds is 3. The molecule has 0 aliphatic heterocycles. The van der Waals surface area contributed by atoms with Crippen molar-refractivity contribution >= 4 is 11.5 Å². The number of nitrogen functional groups attached to an aromatic ring is 1. The molecule has 2 rings (SSSR count). The van der Waals surface area contributed by atoms with E-state index in [4.69, 9.17) is 5.73 Å². The van der Waals surface area contributed by atoms with Crippen molar-refractivity contribution in [1.29, 1.82) is 0 Å². The van der Waals surface area contributed by atoms with Gasteiger partial charge in [-0.2, -0.15) is 0 Å². The van der Waals surface area contributed by atoms with Gasteiger partial charge in [-0.15, -0.1) is 0 Å². The molecule has 17 heavy (non-hydrogen) atoms. The minimum absolute atomic E-state index is 0.0501.